The number of hydrogen-bond acceptors (Lipinski definition) is 3. The Morgan fingerprint density at radius 2 is 1.96 bits per heavy atom. The van der Waals surface area contributed by atoms with E-state index in [1.807, 2.05) is 36.1 Å². The van der Waals surface area contributed by atoms with Gasteiger partial charge in [0.25, 0.3) is 0 Å². The molecule has 0 bridgehead atoms. The van der Waals surface area contributed by atoms with Gasteiger partial charge in [0.05, 0.1) is 12.1 Å². The van der Waals surface area contributed by atoms with Crippen LogP contribution in [0.3, 0.4) is 0 Å². The number of aliphatic hydroxyl groups excluding tert-OH is 1. The van der Waals surface area contributed by atoms with Crippen molar-refractivity contribution in [2.24, 2.45) is 5.92 Å². The lowest BCUT2D eigenvalue weighted by Gasteiger charge is -2.32. The number of rotatable bonds is 4. The Bertz CT molecular complexity index is 608. The summed E-state index contributed by atoms with van der Waals surface area (Å²) in [5, 5.41) is 13.3. The lowest BCUT2D eigenvalue weighted by atomic mass is 9.94. The van der Waals surface area contributed by atoms with Gasteiger partial charge in [-0.05, 0) is 30.4 Å². The number of amides is 2. The quantitative estimate of drug-likeness (QED) is 0.884. The average molecular weight is 330 g/mol. The molecule has 1 heterocycles. The topological polar surface area (TPSA) is 69.6 Å². The van der Waals surface area contributed by atoms with E-state index in [1.54, 1.807) is 0 Å². The van der Waals surface area contributed by atoms with E-state index in [0.717, 1.165) is 17.5 Å². The maximum Gasteiger partial charge on any atom is 0.223 e. The van der Waals surface area contributed by atoms with E-state index in [4.69, 9.17) is 0 Å². The molecule has 3 rings (SSSR count). The molecule has 2 aliphatic rings. The van der Waals surface area contributed by atoms with E-state index < -0.39 is 6.10 Å². The summed E-state index contributed by atoms with van der Waals surface area (Å²) < 4.78 is 0. The lowest BCUT2D eigenvalue weighted by molar-refractivity contribution is -0.136. The molecule has 24 heavy (non-hydrogen) atoms. The minimum Gasteiger partial charge on any atom is -0.390 e. The highest BCUT2D eigenvalue weighted by molar-refractivity contribution is 5.80. The number of aliphatic hydroxyl groups is 1. The summed E-state index contributed by atoms with van der Waals surface area (Å²) in [7, 11) is 0. The predicted octanol–water partition coefficient (Wildman–Crippen LogP) is 1.80. The summed E-state index contributed by atoms with van der Waals surface area (Å²) in [4.78, 5) is 26.4. The highest BCUT2D eigenvalue weighted by atomic mass is 16.3. The molecule has 5 nitrogen and oxygen atoms in total. The molecule has 1 aromatic carbocycles. The van der Waals surface area contributed by atoms with Crippen LogP contribution in [0.1, 0.15) is 49.8 Å². The fraction of sp³-hybridized carbons (Fsp3) is 0.579. The molecule has 0 radical (unpaired) electrons. The van der Waals surface area contributed by atoms with Gasteiger partial charge in [0.1, 0.15) is 0 Å². The van der Waals surface area contributed by atoms with Gasteiger partial charge >= 0.3 is 0 Å². The number of carbonyl (C=O) groups excluding carboxylic acids is 2. The normalized spacial score (nSPS) is 23.8. The van der Waals surface area contributed by atoms with Gasteiger partial charge in [-0.15, -0.1) is 0 Å². The Morgan fingerprint density at radius 1 is 1.25 bits per heavy atom. The minimum absolute atomic E-state index is 0.00153. The molecule has 1 aliphatic heterocycles. The molecule has 0 saturated carbocycles. The van der Waals surface area contributed by atoms with Crippen molar-refractivity contribution in [1.29, 1.82) is 0 Å². The molecule has 2 unspecified atom stereocenters. The molecule has 5 heteroatoms. The van der Waals surface area contributed by atoms with Crippen LogP contribution in [0, 0.1) is 5.92 Å². The fourth-order valence-corrected chi connectivity index (χ4v) is 3.78. The zero-order valence-electron chi connectivity index (χ0n) is 14.2. The van der Waals surface area contributed by atoms with Gasteiger partial charge in [-0.25, -0.2) is 0 Å². The van der Waals surface area contributed by atoms with Crippen LogP contribution < -0.4 is 5.32 Å². The third-order valence-corrected chi connectivity index (χ3v) is 5.18. The predicted molar refractivity (Wildman–Crippen MR) is 91.2 cm³/mol. The second-order valence-corrected chi connectivity index (χ2v) is 6.86. The summed E-state index contributed by atoms with van der Waals surface area (Å²) in [6.07, 6.45) is 2.88. The van der Waals surface area contributed by atoms with Crippen molar-refractivity contribution >= 4 is 11.8 Å². The highest BCUT2D eigenvalue weighted by Gasteiger charge is 2.34. The van der Waals surface area contributed by atoms with Crippen molar-refractivity contribution in [3.05, 3.63) is 35.4 Å². The summed E-state index contributed by atoms with van der Waals surface area (Å²) >= 11 is 0. The third kappa shape index (κ3) is 3.46. The van der Waals surface area contributed by atoms with Gasteiger partial charge < -0.3 is 15.3 Å². The number of fused-ring (bicyclic) bond motifs is 1. The van der Waals surface area contributed by atoms with E-state index in [9.17, 15) is 14.7 Å². The lowest BCUT2D eigenvalue weighted by Crippen LogP contribution is -2.44. The van der Waals surface area contributed by atoms with E-state index in [0.29, 0.717) is 38.8 Å². The molecule has 0 spiro atoms. The van der Waals surface area contributed by atoms with Gasteiger partial charge in [-0.3, -0.25) is 9.59 Å². The van der Waals surface area contributed by atoms with Gasteiger partial charge in [0.2, 0.25) is 11.8 Å². The first-order valence-electron chi connectivity index (χ1n) is 8.94. The molecule has 2 amide bonds. The highest BCUT2D eigenvalue weighted by Crippen LogP contribution is 2.32. The standard InChI is InChI=1S/C19H26N2O3/c1-2-5-17(23)21-10-8-13(9-11-21)19(24)20-18-15-7-4-3-6-14(15)12-16(18)22/h3-4,6-7,13,16,18,22H,2,5,8-12H2,1H3,(H,20,24). The van der Waals surface area contributed by atoms with Crippen molar-refractivity contribution in [2.75, 3.05) is 13.1 Å². The zero-order valence-corrected chi connectivity index (χ0v) is 14.2. The minimum atomic E-state index is -0.558. The van der Waals surface area contributed by atoms with E-state index in [-0.39, 0.29) is 23.8 Å². The van der Waals surface area contributed by atoms with Crippen LogP contribution >= 0.6 is 0 Å². The van der Waals surface area contributed by atoms with Crippen LogP contribution in [-0.4, -0.2) is 41.0 Å². The van der Waals surface area contributed by atoms with E-state index in [2.05, 4.69) is 5.32 Å². The van der Waals surface area contributed by atoms with E-state index >= 15 is 0 Å². The molecule has 1 aromatic rings. The Morgan fingerprint density at radius 3 is 2.67 bits per heavy atom. The largest absolute Gasteiger partial charge is 0.390 e. The summed E-state index contributed by atoms with van der Waals surface area (Å²) in [6.45, 7) is 3.31. The maximum absolute atomic E-state index is 12.6. The first kappa shape index (κ1) is 17.0. The summed E-state index contributed by atoms with van der Waals surface area (Å²) in [5.41, 5.74) is 2.13. The molecule has 0 aromatic heterocycles. The molecular formula is C19H26N2O3. The van der Waals surface area contributed by atoms with Crippen molar-refractivity contribution < 1.29 is 14.7 Å². The van der Waals surface area contributed by atoms with Crippen molar-refractivity contribution in [1.82, 2.24) is 10.2 Å². The number of carbonyl (C=O) groups is 2. The van der Waals surface area contributed by atoms with Crippen LogP contribution in [0.4, 0.5) is 0 Å². The van der Waals surface area contributed by atoms with Crippen LogP contribution in [0.5, 0.6) is 0 Å². The van der Waals surface area contributed by atoms with Crippen LogP contribution in [-0.2, 0) is 16.0 Å². The molecule has 2 atom stereocenters. The van der Waals surface area contributed by atoms with Crippen LogP contribution in [0.2, 0.25) is 0 Å². The maximum atomic E-state index is 12.6. The Balaban J connectivity index is 1.56. The van der Waals surface area contributed by atoms with Crippen molar-refractivity contribution in [3.8, 4) is 0 Å². The number of hydrogen-bond donors (Lipinski definition) is 2. The second-order valence-electron chi connectivity index (χ2n) is 6.86. The number of nitrogens with zero attached hydrogens (tertiary/aromatic N) is 1. The SMILES string of the molecule is CCCC(=O)N1CCC(C(=O)NC2c3ccccc3CC2O)CC1. The number of benzene rings is 1. The third-order valence-electron chi connectivity index (χ3n) is 5.18. The van der Waals surface area contributed by atoms with Crippen molar-refractivity contribution in [2.45, 2.75) is 51.2 Å². The Hall–Kier alpha value is -1.88. The average Bonchev–Trinajstić information content (AvgIpc) is 2.91. The Kier molecular flexibility index (Phi) is 5.19. The van der Waals surface area contributed by atoms with Crippen LogP contribution in [0.25, 0.3) is 0 Å². The van der Waals surface area contributed by atoms with Gasteiger partial charge in [0, 0.05) is 31.8 Å². The van der Waals surface area contributed by atoms with Gasteiger partial charge in [0.15, 0.2) is 0 Å². The number of piperidine rings is 1. The first-order chi connectivity index (χ1) is 11.6. The molecule has 1 aliphatic carbocycles. The molecule has 1 fully saturated rings. The smallest absolute Gasteiger partial charge is 0.223 e. The Labute approximate surface area is 143 Å². The molecular weight excluding hydrogens is 304 g/mol. The summed E-state index contributed by atoms with van der Waals surface area (Å²) in [5.74, 6) is 0.116. The number of nitrogens with one attached hydrogen (secondary N) is 1. The fourth-order valence-electron chi connectivity index (χ4n) is 3.78. The number of likely N-dealkylation sites (tertiary alicyclic amines) is 1. The molecule has 1 saturated heterocycles. The summed E-state index contributed by atoms with van der Waals surface area (Å²) in [6, 6.07) is 7.56. The first-order valence-corrected chi connectivity index (χ1v) is 8.94. The zero-order chi connectivity index (χ0) is 17.1. The molecule has 2 N–H and O–H groups in total. The van der Waals surface area contributed by atoms with Gasteiger partial charge in [-0.1, -0.05) is 31.2 Å². The van der Waals surface area contributed by atoms with Crippen LogP contribution in [0.15, 0.2) is 24.3 Å². The van der Waals surface area contributed by atoms with Gasteiger partial charge in [-0.2, -0.15) is 0 Å². The monoisotopic (exact) mass is 330 g/mol. The van der Waals surface area contributed by atoms with E-state index in [1.165, 1.54) is 0 Å². The molecule has 130 valence electrons. The second kappa shape index (κ2) is 7.34. The van der Waals surface area contributed by atoms with Crippen molar-refractivity contribution in [3.63, 3.8) is 0 Å².